The van der Waals surface area contributed by atoms with Gasteiger partial charge in [0.25, 0.3) is 5.91 Å². The molecule has 0 bridgehead atoms. The van der Waals surface area contributed by atoms with Crippen molar-refractivity contribution in [2.75, 3.05) is 12.1 Å². The molecule has 0 atom stereocenters. The second kappa shape index (κ2) is 4.80. The highest BCUT2D eigenvalue weighted by Crippen LogP contribution is 2.34. The Balaban J connectivity index is 1.62. The van der Waals surface area contributed by atoms with Crippen molar-refractivity contribution in [3.63, 3.8) is 0 Å². The third-order valence-electron chi connectivity index (χ3n) is 3.74. The van der Waals surface area contributed by atoms with E-state index in [1.807, 2.05) is 31.2 Å². The van der Waals surface area contributed by atoms with Crippen LogP contribution in [0.1, 0.15) is 16.1 Å². The molecular formula is C17H14N2O3. The lowest BCUT2D eigenvalue weighted by Crippen LogP contribution is -2.12. The molecule has 0 radical (unpaired) electrons. The number of carbonyl (C=O) groups is 1. The number of para-hydroxylation sites is 1. The molecule has 1 aliphatic rings. The van der Waals surface area contributed by atoms with E-state index >= 15 is 0 Å². The van der Waals surface area contributed by atoms with Gasteiger partial charge >= 0.3 is 0 Å². The van der Waals surface area contributed by atoms with Crippen molar-refractivity contribution in [2.24, 2.45) is 0 Å². The molecule has 0 aliphatic carbocycles. The van der Waals surface area contributed by atoms with Gasteiger partial charge < -0.3 is 19.8 Å². The summed E-state index contributed by atoms with van der Waals surface area (Å²) in [6.45, 7) is 2.23. The largest absolute Gasteiger partial charge is 0.454 e. The predicted octanol–water partition coefficient (Wildman–Crippen LogP) is 3.46. The molecular weight excluding hydrogens is 280 g/mol. The maximum Gasteiger partial charge on any atom is 0.272 e. The van der Waals surface area contributed by atoms with E-state index in [1.165, 1.54) is 0 Å². The maximum atomic E-state index is 12.4. The average molecular weight is 294 g/mol. The summed E-state index contributed by atoms with van der Waals surface area (Å²) in [5.41, 5.74) is 3.30. The Morgan fingerprint density at radius 3 is 2.86 bits per heavy atom. The second-order valence-electron chi connectivity index (χ2n) is 5.24. The van der Waals surface area contributed by atoms with Crippen LogP contribution in [0.4, 0.5) is 5.69 Å². The molecule has 2 aromatic carbocycles. The number of benzene rings is 2. The summed E-state index contributed by atoms with van der Waals surface area (Å²) < 4.78 is 10.6. The zero-order valence-corrected chi connectivity index (χ0v) is 12.0. The molecule has 0 saturated heterocycles. The molecule has 3 aromatic rings. The molecule has 0 spiro atoms. The molecule has 110 valence electrons. The van der Waals surface area contributed by atoms with Gasteiger partial charge in [-0.1, -0.05) is 18.2 Å². The van der Waals surface area contributed by atoms with E-state index in [-0.39, 0.29) is 12.7 Å². The van der Waals surface area contributed by atoms with Gasteiger partial charge in [0.1, 0.15) is 5.69 Å². The number of carbonyl (C=O) groups excluding carboxylic acids is 1. The Morgan fingerprint density at radius 2 is 2.00 bits per heavy atom. The predicted molar refractivity (Wildman–Crippen MR) is 83.6 cm³/mol. The first-order chi connectivity index (χ1) is 10.7. The number of fused-ring (bicyclic) bond motifs is 2. The maximum absolute atomic E-state index is 12.4. The fraction of sp³-hybridized carbons (Fsp3) is 0.118. The lowest BCUT2D eigenvalue weighted by atomic mass is 10.2. The number of anilines is 1. The lowest BCUT2D eigenvalue weighted by Gasteiger charge is -2.04. The highest BCUT2D eigenvalue weighted by atomic mass is 16.7. The summed E-state index contributed by atoms with van der Waals surface area (Å²) in [5.74, 6) is 1.15. The van der Waals surface area contributed by atoms with Gasteiger partial charge in [-0.3, -0.25) is 4.79 Å². The topological polar surface area (TPSA) is 63.4 Å². The summed E-state index contributed by atoms with van der Waals surface area (Å²) in [6.07, 6.45) is 0. The van der Waals surface area contributed by atoms with Crippen molar-refractivity contribution < 1.29 is 14.3 Å². The molecule has 1 amide bonds. The van der Waals surface area contributed by atoms with E-state index in [9.17, 15) is 4.79 Å². The fourth-order valence-corrected chi connectivity index (χ4v) is 2.60. The molecule has 1 aromatic heterocycles. The molecule has 2 heterocycles. The molecule has 1 aliphatic heterocycles. The van der Waals surface area contributed by atoms with Gasteiger partial charge in [-0.05, 0) is 30.7 Å². The monoisotopic (exact) mass is 294 g/mol. The summed E-state index contributed by atoms with van der Waals surface area (Å²) in [6, 6.07) is 13.2. The number of rotatable bonds is 2. The minimum absolute atomic E-state index is 0.186. The Hall–Kier alpha value is -2.95. The van der Waals surface area contributed by atoms with Gasteiger partial charge in [-0.25, -0.2) is 0 Å². The molecule has 0 unspecified atom stereocenters. The van der Waals surface area contributed by atoms with Gasteiger partial charge in [0.2, 0.25) is 6.79 Å². The van der Waals surface area contributed by atoms with Gasteiger partial charge in [0.05, 0.1) is 0 Å². The van der Waals surface area contributed by atoms with Crippen LogP contribution in [0.3, 0.4) is 0 Å². The Labute approximate surface area is 126 Å². The smallest absolute Gasteiger partial charge is 0.272 e. The van der Waals surface area contributed by atoms with Crippen LogP contribution in [0, 0.1) is 6.92 Å². The van der Waals surface area contributed by atoms with Gasteiger partial charge in [0.15, 0.2) is 11.5 Å². The zero-order chi connectivity index (χ0) is 15.1. The molecule has 4 rings (SSSR count). The number of nitrogens with one attached hydrogen (secondary N) is 2. The van der Waals surface area contributed by atoms with Crippen LogP contribution in [-0.4, -0.2) is 17.7 Å². The second-order valence-corrected chi connectivity index (χ2v) is 5.24. The number of ether oxygens (including phenoxy) is 2. The van der Waals surface area contributed by atoms with E-state index < -0.39 is 0 Å². The highest BCUT2D eigenvalue weighted by molar-refractivity contribution is 6.06. The van der Waals surface area contributed by atoms with Crippen LogP contribution >= 0.6 is 0 Å². The molecule has 22 heavy (non-hydrogen) atoms. The molecule has 0 fully saturated rings. The number of aromatic amines is 1. The van der Waals surface area contributed by atoms with E-state index in [0.717, 1.165) is 16.5 Å². The third kappa shape index (κ3) is 2.07. The van der Waals surface area contributed by atoms with Gasteiger partial charge in [0, 0.05) is 22.7 Å². The van der Waals surface area contributed by atoms with E-state index in [2.05, 4.69) is 10.3 Å². The first-order valence-corrected chi connectivity index (χ1v) is 7.00. The van der Waals surface area contributed by atoms with E-state index in [4.69, 9.17) is 9.47 Å². The Morgan fingerprint density at radius 1 is 1.14 bits per heavy atom. The number of hydrogen-bond donors (Lipinski definition) is 2. The highest BCUT2D eigenvalue weighted by Gasteiger charge is 2.15. The standard InChI is InChI=1S/C17H14N2O3/c1-10-3-2-4-11-7-13(19-16(10)11)17(20)18-12-5-6-14-15(8-12)22-9-21-14/h2-8,19H,9H2,1H3,(H,18,20). The van der Waals surface area contributed by atoms with Crippen LogP contribution in [-0.2, 0) is 0 Å². The van der Waals surface area contributed by atoms with E-state index in [0.29, 0.717) is 22.9 Å². The minimum Gasteiger partial charge on any atom is -0.454 e. The van der Waals surface area contributed by atoms with Crippen molar-refractivity contribution in [1.82, 2.24) is 4.98 Å². The third-order valence-corrected chi connectivity index (χ3v) is 3.74. The number of amides is 1. The zero-order valence-electron chi connectivity index (χ0n) is 12.0. The van der Waals surface area contributed by atoms with Crippen molar-refractivity contribution in [1.29, 1.82) is 0 Å². The van der Waals surface area contributed by atoms with Crippen LogP contribution in [0.2, 0.25) is 0 Å². The molecule has 2 N–H and O–H groups in total. The number of aryl methyl sites for hydroxylation is 1. The van der Waals surface area contributed by atoms with Gasteiger partial charge in [-0.2, -0.15) is 0 Å². The first-order valence-electron chi connectivity index (χ1n) is 7.00. The number of H-pyrrole nitrogens is 1. The SMILES string of the molecule is Cc1cccc2cc(C(=O)Nc3ccc4c(c3)OCO4)[nH]c12. The lowest BCUT2D eigenvalue weighted by molar-refractivity contribution is 0.102. The Bertz CT molecular complexity index is 883. The molecule has 5 heteroatoms. The quantitative estimate of drug-likeness (QED) is 0.761. The molecule has 5 nitrogen and oxygen atoms in total. The summed E-state index contributed by atoms with van der Waals surface area (Å²) >= 11 is 0. The minimum atomic E-state index is -0.186. The van der Waals surface area contributed by atoms with Crippen molar-refractivity contribution in [2.45, 2.75) is 6.92 Å². The van der Waals surface area contributed by atoms with Crippen molar-refractivity contribution >= 4 is 22.5 Å². The normalized spacial score (nSPS) is 12.6. The summed E-state index contributed by atoms with van der Waals surface area (Å²) in [5, 5.41) is 3.89. The van der Waals surface area contributed by atoms with Crippen LogP contribution in [0.25, 0.3) is 10.9 Å². The summed E-state index contributed by atoms with van der Waals surface area (Å²) in [4.78, 5) is 15.5. The van der Waals surface area contributed by atoms with E-state index in [1.54, 1.807) is 18.2 Å². The van der Waals surface area contributed by atoms with Crippen molar-refractivity contribution in [3.8, 4) is 11.5 Å². The fourth-order valence-electron chi connectivity index (χ4n) is 2.60. The van der Waals surface area contributed by atoms with Crippen LogP contribution in [0.5, 0.6) is 11.5 Å². The van der Waals surface area contributed by atoms with Crippen molar-refractivity contribution in [3.05, 3.63) is 53.7 Å². The number of aromatic nitrogens is 1. The Kier molecular flexibility index (Phi) is 2.79. The molecule has 0 saturated carbocycles. The number of hydrogen-bond acceptors (Lipinski definition) is 3. The summed E-state index contributed by atoms with van der Waals surface area (Å²) in [7, 11) is 0. The van der Waals surface area contributed by atoms with Crippen LogP contribution in [0.15, 0.2) is 42.5 Å². The average Bonchev–Trinajstić information content (AvgIpc) is 3.13. The first kappa shape index (κ1) is 12.8. The van der Waals surface area contributed by atoms with Gasteiger partial charge in [-0.15, -0.1) is 0 Å². The van der Waals surface area contributed by atoms with Crippen LogP contribution < -0.4 is 14.8 Å².